The van der Waals surface area contributed by atoms with E-state index < -0.39 is 29.7 Å². The molecular weight excluding hydrogens is 967 g/mol. The molecule has 2 aliphatic heterocycles. The molecule has 1 aromatic rings. The van der Waals surface area contributed by atoms with Crippen LogP contribution in [0.2, 0.25) is 0 Å². The quantitative estimate of drug-likeness (QED) is 0.0650. The number of benzene rings is 1. The van der Waals surface area contributed by atoms with Crippen LogP contribution < -0.4 is 10.6 Å². The van der Waals surface area contributed by atoms with E-state index in [0.29, 0.717) is 172 Å². The van der Waals surface area contributed by atoms with Gasteiger partial charge in [0.15, 0.2) is 0 Å². The summed E-state index contributed by atoms with van der Waals surface area (Å²) in [7, 11) is 0. The van der Waals surface area contributed by atoms with Crippen LogP contribution in [0.25, 0.3) is 0 Å². The topological polar surface area (TPSA) is 233 Å². The molecular formula is C53H89N3O18. The number of imide groups is 2. The van der Waals surface area contributed by atoms with E-state index in [-0.39, 0.29) is 42.0 Å². The van der Waals surface area contributed by atoms with Crippen LogP contribution >= 0.6 is 0 Å². The molecule has 1 saturated heterocycles. The van der Waals surface area contributed by atoms with Crippen molar-refractivity contribution in [2.24, 2.45) is 0 Å². The van der Waals surface area contributed by atoms with Crippen molar-refractivity contribution < 1.29 is 85.6 Å². The highest BCUT2D eigenvalue weighted by Crippen LogP contribution is 2.32. The Labute approximate surface area is 439 Å². The van der Waals surface area contributed by atoms with Crippen LogP contribution in [0.1, 0.15) is 118 Å². The van der Waals surface area contributed by atoms with E-state index in [2.05, 4.69) is 17.6 Å². The third kappa shape index (κ3) is 31.5. The van der Waals surface area contributed by atoms with Crippen molar-refractivity contribution in [3.8, 4) is 0 Å². The number of nitrogens with one attached hydrogen (secondary N) is 2. The molecule has 21 nitrogen and oxygen atoms in total. The van der Waals surface area contributed by atoms with Gasteiger partial charge in [0, 0.05) is 26.1 Å². The fourth-order valence-corrected chi connectivity index (χ4v) is 7.58. The predicted octanol–water partition coefficient (Wildman–Crippen LogP) is 4.94. The number of anilines is 1. The Bertz CT molecular complexity index is 1630. The minimum atomic E-state index is -1.08. The van der Waals surface area contributed by atoms with Crippen molar-refractivity contribution in [2.45, 2.75) is 103 Å². The number of carbonyl (C=O) groups excluding carboxylic acids is 5. The molecule has 1 atom stereocenters. The van der Waals surface area contributed by atoms with Crippen LogP contribution in [0, 0.1) is 0 Å². The largest absolute Gasteiger partial charge is 0.379 e. The lowest BCUT2D eigenvalue weighted by Crippen LogP contribution is -2.54. The van der Waals surface area contributed by atoms with Crippen LogP contribution in [-0.4, -0.2) is 212 Å². The van der Waals surface area contributed by atoms with Crippen molar-refractivity contribution in [2.75, 3.05) is 177 Å². The van der Waals surface area contributed by atoms with Crippen molar-refractivity contribution in [3.63, 3.8) is 0 Å². The van der Waals surface area contributed by atoms with Gasteiger partial charge in [-0.05, 0) is 37.8 Å². The first-order valence-corrected chi connectivity index (χ1v) is 27.1. The van der Waals surface area contributed by atoms with Gasteiger partial charge >= 0.3 is 0 Å². The maximum Gasteiger partial charge on any atom is 0.264 e. The van der Waals surface area contributed by atoms with E-state index in [4.69, 9.17) is 61.6 Å². The number of nitrogens with zero attached hydrogens (tertiary/aromatic N) is 1. The number of hydrogen-bond donors (Lipinski definition) is 2. The molecule has 5 amide bonds. The summed E-state index contributed by atoms with van der Waals surface area (Å²) < 4.78 is 72.0. The van der Waals surface area contributed by atoms with E-state index >= 15 is 0 Å². The number of ether oxygens (including phenoxy) is 13. The lowest BCUT2D eigenvalue weighted by molar-refractivity contribution is -0.136. The van der Waals surface area contributed by atoms with Crippen LogP contribution in [0.5, 0.6) is 0 Å². The highest BCUT2D eigenvalue weighted by molar-refractivity contribution is 6.26. The summed E-state index contributed by atoms with van der Waals surface area (Å²) in [6.45, 7) is 15.5. The van der Waals surface area contributed by atoms with Crippen molar-refractivity contribution in [1.29, 1.82) is 0 Å². The number of fused-ring (bicyclic) bond motifs is 1. The lowest BCUT2D eigenvalue weighted by Gasteiger charge is -2.27. The van der Waals surface area contributed by atoms with Crippen LogP contribution in [0.15, 0.2) is 18.2 Å². The average Bonchev–Trinajstić information content (AvgIpc) is 3.65. The molecule has 1 aromatic carbocycles. The van der Waals surface area contributed by atoms with Gasteiger partial charge in [0.2, 0.25) is 17.7 Å². The van der Waals surface area contributed by atoms with E-state index in [1.807, 2.05) is 0 Å². The third-order valence-electron chi connectivity index (χ3n) is 11.5. The van der Waals surface area contributed by atoms with Crippen LogP contribution in [-0.2, 0) is 76.0 Å². The average molecular weight is 1060 g/mol. The molecule has 0 aromatic heterocycles. The van der Waals surface area contributed by atoms with Crippen molar-refractivity contribution in [1.82, 2.24) is 10.2 Å². The predicted molar refractivity (Wildman–Crippen MR) is 273 cm³/mol. The van der Waals surface area contributed by atoms with E-state index in [9.17, 15) is 24.0 Å². The summed E-state index contributed by atoms with van der Waals surface area (Å²) in [5.74, 6) is -2.72. The molecule has 0 spiro atoms. The fourth-order valence-electron chi connectivity index (χ4n) is 7.58. The second-order valence-electron chi connectivity index (χ2n) is 17.5. The minimum absolute atomic E-state index is 0.0263. The molecule has 1 fully saturated rings. The van der Waals surface area contributed by atoms with E-state index in [1.54, 1.807) is 12.1 Å². The minimum Gasteiger partial charge on any atom is -0.379 e. The Morgan fingerprint density at radius 2 is 0.824 bits per heavy atom. The number of rotatable bonds is 53. The van der Waals surface area contributed by atoms with E-state index in [0.717, 1.165) is 30.8 Å². The van der Waals surface area contributed by atoms with Gasteiger partial charge in [-0.2, -0.15) is 0 Å². The van der Waals surface area contributed by atoms with Gasteiger partial charge in [-0.15, -0.1) is 0 Å². The van der Waals surface area contributed by atoms with Gasteiger partial charge in [0.1, 0.15) is 6.04 Å². The van der Waals surface area contributed by atoms with E-state index in [1.165, 1.54) is 51.0 Å². The van der Waals surface area contributed by atoms with Gasteiger partial charge < -0.3 is 66.9 Å². The summed E-state index contributed by atoms with van der Waals surface area (Å²) in [5, 5.41) is 4.91. The third-order valence-corrected chi connectivity index (χ3v) is 11.5. The summed E-state index contributed by atoms with van der Waals surface area (Å²) in [6.07, 6.45) is 12.9. The molecule has 1 unspecified atom stereocenters. The van der Waals surface area contributed by atoms with Gasteiger partial charge in [-0.25, -0.2) is 0 Å². The first-order valence-electron chi connectivity index (χ1n) is 27.1. The summed E-state index contributed by atoms with van der Waals surface area (Å²) >= 11 is 0. The second kappa shape index (κ2) is 45.6. The molecule has 0 saturated carbocycles. The van der Waals surface area contributed by atoms with Gasteiger partial charge in [0.05, 0.1) is 175 Å². The zero-order chi connectivity index (χ0) is 52.8. The first-order chi connectivity index (χ1) is 36.4. The summed E-state index contributed by atoms with van der Waals surface area (Å²) in [4.78, 5) is 63.7. The van der Waals surface area contributed by atoms with Crippen molar-refractivity contribution >= 4 is 35.2 Å². The second-order valence-corrected chi connectivity index (χ2v) is 17.5. The Kier molecular flexibility index (Phi) is 39.9. The summed E-state index contributed by atoms with van der Waals surface area (Å²) in [5.41, 5.74) is 0.378. The standard InChI is InChI=1S/C53H89N3O18/c1-2-3-4-5-6-7-8-11-19-62-21-23-64-25-27-66-29-31-68-33-35-70-37-39-72-41-43-74-44-42-73-40-38-71-36-34-69-32-30-67-28-26-65-24-22-63-20-12-9-10-16-48(57)54-46-15-13-14-45-50(46)53(61)56(52(45)60)47-17-18-49(58)55-51(47)59/h13-15,47H,2-12,16-44H2,1H3,(H,54,57)(H,55,58,59). The lowest BCUT2D eigenvalue weighted by atomic mass is 10.0. The van der Waals surface area contributed by atoms with Crippen LogP contribution in [0.3, 0.4) is 0 Å². The number of hydrogen-bond acceptors (Lipinski definition) is 18. The Hall–Kier alpha value is -3.55. The maximum absolute atomic E-state index is 13.2. The molecule has 21 heteroatoms. The Morgan fingerprint density at radius 3 is 1.20 bits per heavy atom. The highest BCUT2D eigenvalue weighted by Gasteiger charge is 2.45. The Morgan fingerprint density at radius 1 is 0.473 bits per heavy atom. The highest BCUT2D eigenvalue weighted by atomic mass is 16.6. The molecule has 2 heterocycles. The van der Waals surface area contributed by atoms with Gasteiger partial charge in [-0.3, -0.25) is 34.2 Å². The molecule has 0 radical (unpaired) electrons. The molecule has 3 rings (SSSR count). The number of carbonyl (C=O) groups is 5. The smallest absolute Gasteiger partial charge is 0.264 e. The van der Waals surface area contributed by atoms with Crippen molar-refractivity contribution in [3.05, 3.63) is 29.3 Å². The van der Waals surface area contributed by atoms with Gasteiger partial charge in [-0.1, -0.05) is 64.4 Å². The number of amides is 5. The zero-order valence-corrected chi connectivity index (χ0v) is 44.4. The SMILES string of the molecule is CCCCCCCCCCOCCOCCOCCOCCOCCOCCOCCOCCOCCOCCOCCOCCOCCCCCC(=O)Nc1cccc2c1C(=O)N(C1CCC(=O)NC1=O)C2=O. The van der Waals surface area contributed by atoms with Gasteiger partial charge in [0.25, 0.3) is 11.8 Å². The monoisotopic (exact) mass is 1060 g/mol. The molecule has 424 valence electrons. The normalized spacial score (nSPS) is 14.6. The summed E-state index contributed by atoms with van der Waals surface area (Å²) in [6, 6.07) is 3.53. The fraction of sp³-hybridized carbons (Fsp3) is 0.792. The number of piperidine rings is 1. The first kappa shape index (κ1) is 64.7. The number of unbranched alkanes of at least 4 members (excludes halogenated alkanes) is 9. The molecule has 0 bridgehead atoms. The Balaban J connectivity index is 0.930. The molecule has 0 aliphatic carbocycles. The molecule has 2 aliphatic rings. The zero-order valence-electron chi connectivity index (χ0n) is 44.4. The van der Waals surface area contributed by atoms with Crippen LogP contribution in [0.4, 0.5) is 5.69 Å². The molecule has 74 heavy (non-hydrogen) atoms. The maximum atomic E-state index is 13.2. The molecule has 2 N–H and O–H groups in total.